The second-order valence-electron chi connectivity index (χ2n) is 4.10. The molecule has 1 aromatic carbocycles. The first-order valence-corrected chi connectivity index (χ1v) is 7.67. The van der Waals surface area contributed by atoms with Crippen LogP contribution in [0.3, 0.4) is 0 Å². The van der Waals surface area contributed by atoms with Crippen LogP contribution in [0.25, 0.3) is 0 Å². The molecule has 0 atom stereocenters. The Morgan fingerprint density at radius 3 is 2.65 bits per heavy atom. The summed E-state index contributed by atoms with van der Waals surface area (Å²) in [6, 6.07) is 7.97. The Kier molecular flexibility index (Phi) is 6.01. The van der Waals surface area contributed by atoms with Gasteiger partial charge in [0.2, 0.25) is 10.0 Å². The average molecular weight is 315 g/mol. The normalized spacial score (nSPS) is 11.2. The highest BCUT2D eigenvalue weighted by Gasteiger charge is 2.23. The molecule has 108 valence electrons. The maximum absolute atomic E-state index is 12.6. The van der Waals surface area contributed by atoms with Crippen molar-refractivity contribution >= 4 is 27.2 Å². The van der Waals surface area contributed by atoms with Gasteiger partial charge in [-0.2, -0.15) is 9.57 Å². The highest BCUT2D eigenvalue weighted by molar-refractivity contribution is 7.88. The number of hydrogen-bond donors (Lipinski definition) is 1. The molecular weight excluding hydrogens is 301 g/mol. The summed E-state index contributed by atoms with van der Waals surface area (Å²) in [4.78, 5) is -0.0127. The first kappa shape index (κ1) is 16.5. The predicted octanol–water partition coefficient (Wildman–Crippen LogP) is 1.10. The van der Waals surface area contributed by atoms with E-state index in [9.17, 15) is 12.8 Å². The Hall–Kier alpha value is -1.56. The van der Waals surface area contributed by atoms with Crippen LogP contribution in [0, 0.1) is 11.3 Å². The summed E-state index contributed by atoms with van der Waals surface area (Å²) in [7, 11) is -3.74. The van der Waals surface area contributed by atoms with Gasteiger partial charge in [-0.15, -0.1) is 0 Å². The van der Waals surface area contributed by atoms with Crippen LogP contribution in [0.2, 0.25) is 0 Å². The largest absolute Gasteiger partial charge is 0.392 e. The van der Waals surface area contributed by atoms with Gasteiger partial charge in [0, 0.05) is 0 Å². The molecule has 5 nitrogen and oxygen atoms in total. The van der Waals surface area contributed by atoms with Crippen molar-refractivity contribution in [2.45, 2.75) is 12.4 Å². The summed E-state index contributed by atoms with van der Waals surface area (Å²) >= 11 is 4.67. The van der Waals surface area contributed by atoms with Gasteiger partial charge in [-0.3, -0.25) is 0 Å². The van der Waals surface area contributed by atoms with Crippen LogP contribution >= 0.6 is 12.2 Å². The summed E-state index contributed by atoms with van der Waals surface area (Å²) in [6.07, 6.45) is 0. The van der Waals surface area contributed by atoms with Gasteiger partial charge >= 0.3 is 0 Å². The van der Waals surface area contributed by atoms with Gasteiger partial charge in [-0.05, 0) is 11.1 Å². The molecule has 20 heavy (non-hydrogen) atoms. The minimum absolute atomic E-state index is 0.0127. The maximum Gasteiger partial charge on any atom is 0.219 e. The molecule has 8 heteroatoms. The molecule has 0 radical (unpaired) electrons. The maximum atomic E-state index is 12.6. The first-order valence-electron chi connectivity index (χ1n) is 5.66. The van der Waals surface area contributed by atoms with Gasteiger partial charge < -0.3 is 5.73 Å². The second-order valence-corrected chi connectivity index (χ2v) is 6.60. The lowest BCUT2D eigenvalue weighted by atomic mass is 10.2. The van der Waals surface area contributed by atoms with E-state index in [2.05, 4.69) is 12.2 Å². The van der Waals surface area contributed by atoms with Crippen LogP contribution in [0.1, 0.15) is 11.1 Å². The SMILES string of the molecule is N#CCN(CC(N)=S)S(=O)(=O)Cc1cccc(CF)c1. The van der Waals surface area contributed by atoms with Crippen LogP contribution in [0.5, 0.6) is 0 Å². The zero-order chi connectivity index (χ0) is 15.2. The highest BCUT2D eigenvalue weighted by atomic mass is 32.2. The Bertz CT molecular complexity index is 626. The lowest BCUT2D eigenvalue weighted by molar-refractivity contribution is 0.481. The van der Waals surface area contributed by atoms with Crippen LogP contribution in [0.4, 0.5) is 4.39 Å². The van der Waals surface area contributed by atoms with E-state index >= 15 is 0 Å². The van der Waals surface area contributed by atoms with Gasteiger partial charge in [-0.25, -0.2) is 12.8 Å². The summed E-state index contributed by atoms with van der Waals surface area (Å²) in [5, 5.41) is 8.67. The zero-order valence-corrected chi connectivity index (χ0v) is 12.3. The standard InChI is InChI=1S/C12H14FN3O2S2/c13-7-10-2-1-3-11(6-10)9-20(17,18)16(5-4-14)8-12(15)19/h1-3,6H,5,7-9H2,(H2,15,19). The van der Waals surface area contributed by atoms with Crippen molar-refractivity contribution in [3.05, 3.63) is 35.4 Å². The van der Waals surface area contributed by atoms with E-state index in [1.54, 1.807) is 24.3 Å². The van der Waals surface area contributed by atoms with E-state index in [-0.39, 0.29) is 23.8 Å². The number of alkyl halides is 1. The van der Waals surface area contributed by atoms with Gasteiger partial charge in [-0.1, -0.05) is 36.5 Å². The topological polar surface area (TPSA) is 87.2 Å². The molecule has 0 aliphatic rings. The smallest absolute Gasteiger partial charge is 0.219 e. The second kappa shape index (κ2) is 7.28. The van der Waals surface area contributed by atoms with E-state index in [0.717, 1.165) is 4.31 Å². The number of nitrogens with zero attached hydrogens (tertiary/aromatic N) is 2. The van der Waals surface area contributed by atoms with Crippen molar-refractivity contribution in [3.8, 4) is 6.07 Å². The van der Waals surface area contributed by atoms with E-state index in [1.165, 1.54) is 6.07 Å². The van der Waals surface area contributed by atoms with Crippen molar-refractivity contribution in [1.82, 2.24) is 4.31 Å². The fourth-order valence-corrected chi connectivity index (χ4v) is 3.22. The molecule has 0 heterocycles. The molecule has 0 spiro atoms. The summed E-state index contributed by atoms with van der Waals surface area (Å²) in [6.45, 7) is -1.18. The third-order valence-electron chi connectivity index (χ3n) is 2.47. The summed E-state index contributed by atoms with van der Waals surface area (Å²) < 4.78 is 37.8. The van der Waals surface area contributed by atoms with E-state index < -0.39 is 16.7 Å². The molecule has 0 fully saturated rings. The molecule has 0 unspecified atom stereocenters. The predicted molar refractivity (Wildman–Crippen MR) is 77.8 cm³/mol. The highest BCUT2D eigenvalue weighted by Crippen LogP contribution is 2.13. The van der Waals surface area contributed by atoms with Gasteiger partial charge in [0.05, 0.1) is 23.4 Å². The molecule has 2 N–H and O–H groups in total. The molecule has 0 saturated carbocycles. The Morgan fingerprint density at radius 1 is 1.45 bits per heavy atom. The quantitative estimate of drug-likeness (QED) is 0.601. The third-order valence-corrected chi connectivity index (χ3v) is 4.34. The number of thiocarbonyl (C=S) groups is 1. The lowest BCUT2D eigenvalue weighted by Gasteiger charge is -2.18. The first-order chi connectivity index (χ1) is 9.39. The number of sulfonamides is 1. The summed E-state index contributed by atoms with van der Waals surface area (Å²) in [5.41, 5.74) is 6.18. The number of halogens is 1. The monoisotopic (exact) mass is 315 g/mol. The Morgan fingerprint density at radius 2 is 2.10 bits per heavy atom. The van der Waals surface area contributed by atoms with E-state index in [0.29, 0.717) is 11.1 Å². The van der Waals surface area contributed by atoms with E-state index in [4.69, 9.17) is 11.0 Å². The van der Waals surface area contributed by atoms with Crippen molar-refractivity contribution in [2.75, 3.05) is 13.1 Å². The number of nitriles is 1. The van der Waals surface area contributed by atoms with Gasteiger partial charge in [0.25, 0.3) is 0 Å². The van der Waals surface area contributed by atoms with E-state index in [1.807, 2.05) is 0 Å². The molecule has 0 amide bonds. The molecule has 1 aromatic rings. The lowest BCUT2D eigenvalue weighted by Crippen LogP contribution is -2.38. The number of rotatable bonds is 7. The minimum Gasteiger partial charge on any atom is -0.392 e. The van der Waals surface area contributed by atoms with Gasteiger partial charge in [0.1, 0.15) is 13.2 Å². The van der Waals surface area contributed by atoms with Crippen molar-refractivity contribution in [1.29, 1.82) is 5.26 Å². The molecule has 1 rings (SSSR count). The number of nitrogens with two attached hydrogens (primary N) is 1. The molecule has 0 saturated heterocycles. The fourth-order valence-electron chi connectivity index (χ4n) is 1.61. The molecular formula is C12H14FN3O2S2. The molecule has 0 aliphatic carbocycles. The third kappa shape index (κ3) is 4.85. The van der Waals surface area contributed by atoms with Crippen molar-refractivity contribution in [2.24, 2.45) is 5.73 Å². The number of hydrogen-bond acceptors (Lipinski definition) is 4. The van der Waals surface area contributed by atoms with Crippen molar-refractivity contribution < 1.29 is 12.8 Å². The molecule has 0 bridgehead atoms. The fraction of sp³-hybridized carbons (Fsp3) is 0.333. The molecule has 0 aromatic heterocycles. The van der Waals surface area contributed by atoms with Crippen LogP contribution in [0.15, 0.2) is 24.3 Å². The van der Waals surface area contributed by atoms with Crippen LogP contribution in [-0.4, -0.2) is 30.8 Å². The summed E-state index contributed by atoms with van der Waals surface area (Å²) in [5.74, 6) is -0.328. The Labute approximate surface area is 122 Å². The van der Waals surface area contributed by atoms with Gasteiger partial charge in [0.15, 0.2) is 0 Å². The zero-order valence-electron chi connectivity index (χ0n) is 10.6. The Balaban J connectivity index is 2.96. The number of benzene rings is 1. The average Bonchev–Trinajstić information content (AvgIpc) is 2.37. The van der Waals surface area contributed by atoms with Crippen LogP contribution < -0.4 is 5.73 Å². The van der Waals surface area contributed by atoms with Crippen molar-refractivity contribution in [3.63, 3.8) is 0 Å². The molecule has 0 aliphatic heterocycles. The van der Waals surface area contributed by atoms with Crippen LogP contribution in [-0.2, 0) is 22.5 Å². The minimum atomic E-state index is -3.74.